The van der Waals surface area contributed by atoms with Crippen LogP contribution in [-0.2, 0) is 6.61 Å². The molecule has 112 valence electrons. The van der Waals surface area contributed by atoms with Crippen LogP contribution >= 0.6 is 0 Å². The fourth-order valence-corrected chi connectivity index (χ4v) is 2.26. The van der Waals surface area contributed by atoms with Gasteiger partial charge in [-0.2, -0.15) is 0 Å². The van der Waals surface area contributed by atoms with Gasteiger partial charge >= 0.3 is 0 Å². The molecule has 0 amide bonds. The topological polar surface area (TPSA) is 21.3 Å². The van der Waals surface area contributed by atoms with E-state index in [1.54, 1.807) is 6.07 Å². The van der Waals surface area contributed by atoms with Gasteiger partial charge in [0, 0.05) is 11.6 Å². The van der Waals surface area contributed by atoms with Crippen LogP contribution in [0.1, 0.15) is 35.2 Å². The molecule has 0 saturated carbocycles. The minimum absolute atomic E-state index is 0.212. The summed E-state index contributed by atoms with van der Waals surface area (Å²) in [6, 6.07) is 11.2. The van der Waals surface area contributed by atoms with E-state index >= 15 is 0 Å². The summed E-state index contributed by atoms with van der Waals surface area (Å²) in [5, 5.41) is 3.23. The number of halogens is 1. The van der Waals surface area contributed by atoms with E-state index in [1.165, 1.54) is 12.1 Å². The van der Waals surface area contributed by atoms with E-state index in [0.29, 0.717) is 6.61 Å². The third kappa shape index (κ3) is 3.82. The molecule has 0 spiro atoms. The SMILES string of the molecule is CNC(C)c1ccc(C)cc1OCc1ccc(F)cc1C. The lowest BCUT2D eigenvalue weighted by molar-refractivity contribution is 0.299. The molecular formula is C18H22FNO. The van der Waals surface area contributed by atoms with Gasteiger partial charge in [0.1, 0.15) is 18.2 Å². The zero-order valence-electron chi connectivity index (χ0n) is 13.0. The summed E-state index contributed by atoms with van der Waals surface area (Å²) in [7, 11) is 1.93. The average molecular weight is 287 g/mol. The van der Waals surface area contributed by atoms with Crippen molar-refractivity contribution in [1.29, 1.82) is 0 Å². The molecule has 0 bridgehead atoms. The lowest BCUT2D eigenvalue weighted by Crippen LogP contribution is -2.14. The molecule has 0 aliphatic heterocycles. The van der Waals surface area contributed by atoms with Crippen LogP contribution in [0.3, 0.4) is 0 Å². The van der Waals surface area contributed by atoms with Crippen molar-refractivity contribution in [3.63, 3.8) is 0 Å². The summed E-state index contributed by atoms with van der Waals surface area (Å²) in [5.41, 5.74) is 4.20. The van der Waals surface area contributed by atoms with E-state index in [4.69, 9.17) is 4.74 Å². The first-order valence-corrected chi connectivity index (χ1v) is 7.17. The van der Waals surface area contributed by atoms with E-state index in [9.17, 15) is 4.39 Å². The molecule has 0 aliphatic carbocycles. The summed E-state index contributed by atoms with van der Waals surface area (Å²) in [6.07, 6.45) is 0. The van der Waals surface area contributed by atoms with Crippen molar-refractivity contribution in [2.24, 2.45) is 0 Å². The van der Waals surface area contributed by atoms with E-state index in [1.807, 2.05) is 27.0 Å². The van der Waals surface area contributed by atoms with Crippen LogP contribution in [0.15, 0.2) is 36.4 Å². The fraction of sp³-hybridized carbons (Fsp3) is 0.333. The van der Waals surface area contributed by atoms with Crippen molar-refractivity contribution >= 4 is 0 Å². The highest BCUT2D eigenvalue weighted by Crippen LogP contribution is 2.27. The predicted molar refractivity (Wildman–Crippen MR) is 84.1 cm³/mol. The van der Waals surface area contributed by atoms with E-state index < -0.39 is 0 Å². The Morgan fingerprint density at radius 2 is 1.90 bits per heavy atom. The van der Waals surface area contributed by atoms with Gasteiger partial charge in [0.2, 0.25) is 0 Å². The van der Waals surface area contributed by atoms with E-state index in [0.717, 1.165) is 28.0 Å². The Labute approximate surface area is 126 Å². The highest BCUT2D eigenvalue weighted by Gasteiger charge is 2.11. The predicted octanol–water partition coefficient (Wildman–Crippen LogP) is 4.30. The Bertz CT molecular complexity index is 625. The fourth-order valence-electron chi connectivity index (χ4n) is 2.26. The van der Waals surface area contributed by atoms with Gasteiger partial charge in [0.25, 0.3) is 0 Å². The average Bonchev–Trinajstić information content (AvgIpc) is 2.45. The molecule has 2 aromatic carbocycles. The van der Waals surface area contributed by atoms with E-state index in [2.05, 4.69) is 24.4 Å². The van der Waals surface area contributed by atoms with Crippen molar-refractivity contribution in [1.82, 2.24) is 5.32 Å². The first kappa shape index (κ1) is 15.5. The molecule has 1 N–H and O–H groups in total. The number of ether oxygens (including phenoxy) is 1. The van der Waals surface area contributed by atoms with Crippen molar-refractivity contribution in [3.8, 4) is 5.75 Å². The van der Waals surface area contributed by atoms with Crippen molar-refractivity contribution < 1.29 is 9.13 Å². The molecule has 2 rings (SSSR count). The summed E-state index contributed by atoms with van der Waals surface area (Å²) >= 11 is 0. The Morgan fingerprint density at radius 1 is 1.14 bits per heavy atom. The Kier molecular flexibility index (Phi) is 4.97. The van der Waals surface area contributed by atoms with Crippen molar-refractivity contribution in [2.45, 2.75) is 33.4 Å². The maximum atomic E-state index is 13.1. The second-order valence-corrected chi connectivity index (χ2v) is 5.41. The third-order valence-electron chi connectivity index (χ3n) is 3.76. The molecule has 0 aromatic heterocycles. The van der Waals surface area contributed by atoms with Gasteiger partial charge in [-0.15, -0.1) is 0 Å². The number of hydrogen-bond donors (Lipinski definition) is 1. The molecule has 1 atom stereocenters. The molecular weight excluding hydrogens is 265 g/mol. The lowest BCUT2D eigenvalue weighted by Gasteiger charge is -2.18. The molecule has 0 saturated heterocycles. The minimum atomic E-state index is -0.212. The summed E-state index contributed by atoms with van der Waals surface area (Å²) in [5.74, 6) is 0.664. The zero-order valence-corrected chi connectivity index (χ0v) is 13.0. The van der Waals surface area contributed by atoms with Crippen LogP contribution in [0.5, 0.6) is 5.75 Å². The quantitative estimate of drug-likeness (QED) is 0.885. The largest absolute Gasteiger partial charge is 0.489 e. The highest BCUT2D eigenvalue weighted by molar-refractivity contribution is 5.39. The highest BCUT2D eigenvalue weighted by atomic mass is 19.1. The van der Waals surface area contributed by atoms with Gasteiger partial charge in [-0.1, -0.05) is 18.2 Å². The monoisotopic (exact) mass is 287 g/mol. The Morgan fingerprint density at radius 3 is 2.57 bits per heavy atom. The van der Waals surface area contributed by atoms with Crippen LogP contribution in [-0.4, -0.2) is 7.05 Å². The zero-order chi connectivity index (χ0) is 15.4. The Hall–Kier alpha value is -1.87. The van der Waals surface area contributed by atoms with Gasteiger partial charge < -0.3 is 10.1 Å². The Balaban J connectivity index is 2.21. The number of rotatable bonds is 5. The summed E-state index contributed by atoms with van der Waals surface area (Å²) < 4.78 is 19.1. The first-order chi connectivity index (χ1) is 10.0. The molecule has 21 heavy (non-hydrogen) atoms. The standard InChI is InChI=1S/C18H22FNO/c1-12-5-8-17(14(3)20-4)18(9-12)21-11-15-6-7-16(19)10-13(15)2/h5-10,14,20H,11H2,1-4H3. The smallest absolute Gasteiger partial charge is 0.124 e. The number of nitrogens with one attached hydrogen (secondary N) is 1. The van der Waals surface area contributed by atoms with Crippen LogP contribution < -0.4 is 10.1 Å². The van der Waals surface area contributed by atoms with Gasteiger partial charge in [-0.05, 0) is 62.7 Å². The second kappa shape index (κ2) is 6.72. The lowest BCUT2D eigenvalue weighted by atomic mass is 10.0. The molecule has 0 heterocycles. The van der Waals surface area contributed by atoms with E-state index in [-0.39, 0.29) is 11.9 Å². The maximum Gasteiger partial charge on any atom is 0.124 e. The van der Waals surface area contributed by atoms with Gasteiger partial charge in [-0.25, -0.2) is 4.39 Å². The van der Waals surface area contributed by atoms with Crippen molar-refractivity contribution in [2.75, 3.05) is 7.05 Å². The summed E-state index contributed by atoms with van der Waals surface area (Å²) in [4.78, 5) is 0. The number of hydrogen-bond acceptors (Lipinski definition) is 2. The number of aryl methyl sites for hydroxylation is 2. The van der Waals surface area contributed by atoms with Crippen LogP contribution in [0.25, 0.3) is 0 Å². The first-order valence-electron chi connectivity index (χ1n) is 7.17. The second-order valence-electron chi connectivity index (χ2n) is 5.41. The summed E-state index contributed by atoms with van der Waals surface area (Å²) in [6.45, 7) is 6.48. The molecule has 2 nitrogen and oxygen atoms in total. The minimum Gasteiger partial charge on any atom is -0.489 e. The molecule has 3 heteroatoms. The maximum absolute atomic E-state index is 13.1. The van der Waals surface area contributed by atoms with Gasteiger partial charge in [0.15, 0.2) is 0 Å². The van der Waals surface area contributed by atoms with Gasteiger partial charge in [0.05, 0.1) is 0 Å². The molecule has 0 fully saturated rings. The van der Waals surface area contributed by atoms with Crippen LogP contribution in [0, 0.1) is 19.7 Å². The molecule has 1 unspecified atom stereocenters. The third-order valence-corrected chi connectivity index (χ3v) is 3.76. The van der Waals surface area contributed by atoms with Crippen LogP contribution in [0.2, 0.25) is 0 Å². The van der Waals surface area contributed by atoms with Crippen molar-refractivity contribution in [3.05, 3.63) is 64.5 Å². The van der Waals surface area contributed by atoms with Crippen LogP contribution in [0.4, 0.5) is 4.39 Å². The molecule has 0 aliphatic rings. The molecule has 0 radical (unpaired) electrons. The normalized spacial score (nSPS) is 12.2. The molecule has 2 aromatic rings. The number of benzene rings is 2. The van der Waals surface area contributed by atoms with Gasteiger partial charge in [-0.3, -0.25) is 0 Å².